The second kappa shape index (κ2) is 9.34. The topological polar surface area (TPSA) is 0 Å². The van der Waals surface area contributed by atoms with E-state index in [-0.39, 0.29) is 0 Å². The first kappa shape index (κ1) is 21.0. The van der Waals surface area contributed by atoms with E-state index in [1.807, 2.05) is 0 Å². The summed E-state index contributed by atoms with van der Waals surface area (Å²) in [7, 11) is 0.957. The summed E-state index contributed by atoms with van der Waals surface area (Å²) in [5.41, 5.74) is 12.9. The second-order valence-corrected chi connectivity index (χ2v) is 8.83. The van der Waals surface area contributed by atoms with Crippen molar-refractivity contribution in [3.63, 3.8) is 0 Å². The van der Waals surface area contributed by atoms with Gasteiger partial charge in [-0.3, -0.25) is 0 Å². The number of rotatable bonds is 5. The van der Waals surface area contributed by atoms with Crippen LogP contribution in [0.2, 0.25) is 0 Å². The summed E-state index contributed by atoms with van der Waals surface area (Å²) < 4.78 is 0. The Labute approximate surface area is 197 Å². The first-order valence-corrected chi connectivity index (χ1v) is 11.6. The molecule has 0 fully saturated rings. The lowest BCUT2D eigenvalue weighted by molar-refractivity contribution is 1.47. The summed E-state index contributed by atoms with van der Waals surface area (Å²) in [6.07, 6.45) is 0. The average molecular weight is 422 g/mol. The van der Waals surface area contributed by atoms with Crippen LogP contribution >= 0.6 is 0 Å². The number of hydrogen-bond donors (Lipinski definition) is 0. The molecular formula is C32H27B. The van der Waals surface area contributed by atoms with Gasteiger partial charge in [-0.25, -0.2) is 0 Å². The Balaban J connectivity index is 1.46. The van der Waals surface area contributed by atoms with Gasteiger partial charge in [0.05, 0.1) is 0 Å². The highest BCUT2D eigenvalue weighted by atomic mass is 14.1. The fourth-order valence-electron chi connectivity index (χ4n) is 4.47. The van der Waals surface area contributed by atoms with Gasteiger partial charge in [-0.05, 0) is 59.4 Å². The lowest BCUT2D eigenvalue weighted by Crippen LogP contribution is -2.28. The molecule has 0 amide bonds. The van der Waals surface area contributed by atoms with Gasteiger partial charge in [0.2, 0.25) is 0 Å². The van der Waals surface area contributed by atoms with E-state index in [0.717, 1.165) is 7.28 Å². The minimum atomic E-state index is 0.957. The van der Waals surface area contributed by atoms with Gasteiger partial charge in [-0.1, -0.05) is 131 Å². The van der Waals surface area contributed by atoms with E-state index in [0.29, 0.717) is 0 Å². The normalized spacial score (nSPS) is 10.7. The van der Waals surface area contributed by atoms with Crippen LogP contribution in [-0.2, 0) is 0 Å². The van der Waals surface area contributed by atoms with Gasteiger partial charge in [0.25, 0.3) is 0 Å². The molecule has 0 bridgehead atoms. The molecule has 0 spiro atoms. The Morgan fingerprint density at radius 1 is 0.424 bits per heavy atom. The molecular weight excluding hydrogens is 395 g/mol. The monoisotopic (exact) mass is 422 g/mol. The zero-order valence-corrected chi connectivity index (χ0v) is 19.3. The molecule has 5 aromatic carbocycles. The van der Waals surface area contributed by atoms with E-state index in [2.05, 4.69) is 135 Å². The molecule has 33 heavy (non-hydrogen) atoms. The Hall–Kier alpha value is -3.84. The standard InChI is InChI=1S/C32H27B/c1-23-9-5-11-25(19-23)26-12-6-13-27(20-26)28-14-7-15-29(21-28)30-16-8-17-31(22-30)33-32-18-4-3-10-24(32)2/h3-22,33H,1-2H3. The van der Waals surface area contributed by atoms with Crippen molar-refractivity contribution in [1.29, 1.82) is 0 Å². The summed E-state index contributed by atoms with van der Waals surface area (Å²) >= 11 is 0. The Morgan fingerprint density at radius 2 is 0.909 bits per heavy atom. The first-order valence-electron chi connectivity index (χ1n) is 11.6. The first-order chi connectivity index (χ1) is 16.2. The molecule has 0 heterocycles. The average Bonchev–Trinajstić information content (AvgIpc) is 2.86. The summed E-state index contributed by atoms with van der Waals surface area (Å²) in [6.45, 7) is 4.33. The van der Waals surface area contributed by atoms with E-state index in [1.165, 1.54) is 55.4 Å². The molecule has 0 N–H and O–H groups in total. The van der Waals surface area contributed by atoms with Crippen molar-refractivity contribution in [2.45, 2.75) is 13.8 Å². The Morgan fingerprint density at radius 3 is 1.48 bits per heavy atom. The smallest absolute Gasteiger partial charge is 0.0779 e. The van der Waals surface area contributed by atoms with Gasteiger partial charge < -0.3 is 0 Å². The molecule has 0 aliphatic rings. The van der Waals surface area contributed by atoms with Crippen LogP contribution in [-0.4, -0.2) is 7.28 Å². The van der Waals surface area contributed by atoms with Crippen molar-refractivity contribution >= 4 is 18.2 Å². The van der Waals surface area contributed by atoms with Crippen LogP contribution in [0.1, 0.15) is 11.1 Å². The highest BCUT2D eigenvalue weighted by Gasteiger charge is 2.07. The molecule has 5 aromatic rings. The van der Waals surface area contributed by atoms with Crippen molar-refractivity contribution in [3.05, 3.63) is 132 Å². The third kappa shape index (κ3) is 4.83. The van der Waals surface area contributed by atoms with Crippen molar-refractivity contribution in [2.24, 2.45) is 0 Å². The van der Waals surface area contributed by atoms with Gasteiger partial charge in [0.1, 0.15) is 0 Å². The van der Waals surface area contributed by atoms with Crippen molar-refractivity contribution in [1.82, 2.24) is 0 Å². The van der Waals surface area contributed by atoms with Crippen LogP contribution in [0.5, 0.6) is 0 Å². The van der Waals surface area contributed by atoms with Crippen molar-refractivity contribution in [2.75, 3.05) is 0 Å². The minimum Gasteiger partial charge on any atom is -0.0779 e. The lowest BCUT2D eigenvalue weighted by Gasteiger charge is -2.10. The van der Waals surface area contributed by atoms with Gasteiger partial charge in [-0.2, -0.15) is 0 Å². The largest absolute Gasteiger partial charge is 0.192 e. The summed E-state index contributed by atoms with van der Waals surface area (Å²) in [5.74, 6) is 0. The van der Waals surface area contributed by atoms with E-state index >= 15 is 0 Å². The molecule has 0 unspecified atom stereocenters. The van der Waals surface area contributed by atoms with Crippen LogP contribution < -0.4 is 10.9 Å². The predicted molar refractivity (Wildman–Crippen MR) is 145 cm³/mol. The molecule has 0 atom stereocenters. The maximum absolute atomic E-state index is 2.33. The number of benzene rings is 5. The zero-order chi connectivity index (χ0) is 22.6. The third-order valence-corrected chi connectivity index (χ3v) is 6.33. The maximum Gasteiger partial charge on any atom is 0.192 e. The van der Waals surface area contributed by atoms with Crippen LogP contribution in [0.3, 0.4) is 0 Å². The summed E-state index contributed by atoms with van der Waals surface area (Å²) in [6, 6.07) is 44.0. The minimum absolute atomic E-state index is 0.957. The van der Waals surface area contributed by atoms with Gasteiger partial charge >= 0.3 is 0 Å². The number of aryl methyl sites for hydroxylation is 2. The van der Waals surface area contributed by atoms with Crippen LogP contribution in [0.25, 0.3) is 33.4 Å². The van der Waals surface area contributed by atoms with Crippen molar-refractivity contribution in [3.8, 4) is 33.4 Å². The van der Waals surface area contributed by atoms with Gasteiger partial charge in [0, 0.05) is 0 Å². The fraction of sp³-hybridized carbons (Fsp3) is 0.0625. The fourth-order valence-corrected chi connectivity index (χ4v) is 4.47. The molecule has 0 aliphatic heterocycles. The zero-order valence-electron chi connectivity index (χ0n) is 19.3. The van der Waals surface area contributed by atoms with Gasteiger partial charge in [0.15, 0.2) is 7.28 Å². The molecule has 0 saturated carbocycles. The van der Waals surface area contributed by atoms with E-state index in [1.54, 1.807) is 0 Å². The Bertz CT molecular complexity index is 1410. The van der Waals surface area contributed by atoms with Crippen LogP contribution in [0, 0.1) is 13.8 Å². The highest BCUT2D eigenvalue weighted by Crippen LogP contribution is 2.29. The second-order valence-electron chi connectivity index (χ2n) is 8.83. The molecule has 0 saturated heterocycles. The summed E-state index contributed by atoms with van der Waals surface area (Å²) in [5, 5.41) is 0. The number of hydrogen-bond acceptors (Lipinski definition) is 0. The third-order valence-electron chi connectivity index (χ3n) is 6.33. The quantitative estimate of drug-likeness (QED) is 0.277. The van der Waals surface area contributed by atoms with Crippen molar-refractivity contribution < 1.29 is 0 Å². The maximum atomic E-state index is 2.33. The molecule has 1 heteroatoms. The lowest BCUT2D eigenvalue weighted by atomic mass is 9.62. The molecule has 5 rings (SSSR count). The van der Waals surface area contributed by atoms with Crippen LogP contribution in [0.4, 0.5) is 0 Å². The molecule has 0 aromatic heterocycles. The Kier molecular flexibility index (Phi) is 5.96. The molecule has 0 aliphatic carbocycles. The van der Waals surface area contributed by atoms with E-state index < -0.39 is 0 Å². The van der Waals surface area contributed by atoms with Gasteiger partial charge in [-0.15, -0.1) is 0 Å². The molecule has 158 valence electrons. The molecule has 0 radical (unpaired) electrons. The van der Waals surface area contributed by atoms with Crippen LogP contribution in [0.15, 0.2) is 121 Å². The highest BCUT2D eigenvalue weighted by molar-refractivity contribution is 6.67. The van der Waals surface area contributed by atoms with E-state index in [4.69, 9.17) is 0 Å². The SMILES string of the molecule is Cc1cccc(-c2cccc(-c3cccc(-c4cccc(Bc5ccccc5C)c4)c3)c2)c1. The predicted octanol–water partition coefficient (Wildman–Crippen LogP) is 6.69. The molecule has 0 nitrogen and oxygen atoms in total. The summed E-state index contributed by atoms with van der Waals surface area (Å²) in [4.78, 5) is 0. The van der Waals surface area contributed by atoms with E-state index in [9.17, 15) is 0 Å².